The molecule has 0 bridgehead atoms. The topological polar surface area (TPSA) is 35.8 Å². The minimum atomic E-state index is 0.0707. The first-order valence-electron chi connectivity index (χ1n) is 6.54. The maximum Gasteiger partial charge on any atom is 0.0641 e. The molecular formula is C17H18N2. The summed E-state index contributed by atoms with van der Waals surface area (Å²) in [6.45, 7) is 2.13. The number of hydrogen-bond acceptors (Lipinski definition) is 2. The predicted octanol–water partition coefficient (Wildman–Crippen LogP) is 3.99. The van der Waals surface area contributed by atoms with Crippen molar-refractivity contribution in [2.24, 2.45) is 0 Å². The fourth-order valence-electron chi connectivity index (χ4n) is 2.19. The Kier molecular flexibility index (Phi) is 4.72. The van der Waals surface area contributed by atoms with Crippen molar-refractivity contribution in [2.75, 3.05) is 0 Å². The second kappa shape index (κ2) is 6.72. The molecule has 2 rings (SSSR count). The Labute approximate surface area is 114 Å². The van der Waals surface area contributed by atoms with Crippen LogP contribution in [0.15, 0.2) is 60.7 Å². The Hall–Kier alpha value is -2.11. The van der Waals surface area contributed by atoms with Gasteiger partial charge in [-0.2, -0.15) is 5.26 Å². The van der Waals surface area contributed by atoms with Crippen LogP contribution in [0, 0.1) is 11.3 Å². The average Bonchev–Trinajstić information content (AvgIpc) is 2.48. The molecule has 2 nitrogen and oxygen atoms in total. The van der Waals surface area contributed by atoms with E-state index in [0.29, 0.717) is 6.42 Å². The summed E-state index contributed by atoms with van der Waals surface area (Å²) < 4.78 is 0. The molecule has 0 radical (unpaired) electrons. The van der Waals surface area contributed by atoms with Crippen molar-refractivity contribution in [3.05, 3.63) is 71.8 Å². The fourth-order valence-corrected chi connectivity index (χ4v) is 2.19. The van der Waals surface area contributed by atoms with Crippen molar-refractivity contribution >= 4 is 0 Å². The van der Waals surface area contributed by atoms with Crippen LogP contribution in [0.25, 0.3) is 0 Å². The highest BCUT2D eigenvalue weighted by atomic mass is 14.9. The standard InChI is InChI=1S/C17H18N2/c1-14(15-8-4-2-5-9-15)19-17(12-13-18)16-10-6-3-7-11-16/h2-11,14,17,19H,12H2,1H3. The van der Waals surface area contributed by atoms with Crippen molar-refractivity contribution in [1.29, 1.82) is 5.26 Å². The lowest BCUT2D eigenvalue weighted by atomic mass is 10.0. The van der Waals surface area contributed by atoms with Crippen LogP contribution in [-0.2, 0) is 0 Å². The van der Waals surface area contributed by atoms with Gasteiger partial charge in [-0.25, -0.2) is 0 Å². The van der Waals surface area contributed by atoms with Gasteiger partial charge in [0.2, 0.25) is 0 Å². The van der Waals surface area contributed by atoms with Gasteiger partial charge < -0.3 is 5.32 Å². The molecule has 0 saturated carbocycles. The number of rotatable bonds is 5. The zero-order chi connectivity index (χ0) is 13.5. The van der Waals surface area contributed by atoms with Gasteiger partial charge >= 0.3 is 0 Å². The Morgan fingerprint density at radius 2 is 1.47 bits per heavy atom. The highest BCUT2D eigenvalue weighted by molar-refractivity contribution is 5.22. The van der Waals surface area contributed by atoms with E-state index in [1.807, 2.05) is 36.4 Å². The second-order valence-electron chi connectivity index (χ2n) is 4.62. The third kappa shape index (κ3) is 3.67. The van der Waals surface area contributed by atoms with Gasteiger partial charge in [-0.15, -0.1) is 0 Å². The van der Waals surface area contributed by atoms with Crippen LogP contribution in [0.5, 0.6) is 0 Å². The minimum absolute atomic E-state index is 0.0707. The molecule has 0 spiro atoms. The number of nitrogens with one attached hydrogen (secondary N) is 1. The molecule has 2 heteroatoms. The molecule has 2 aromatic carbocycles. The third-order valence-electron chi connectivity index (χ3n) is 3.25. The quantitative estimate of drug-likeness (QED) is 0.870. The summed E-state index contributed by atoms with van der Waals surface area (Å²) >= 11 is 0. The molecule has 0 aromatic heterocycles. The summed E-state index contributed by atoms with van der Waals surface area (Å²) in [7, 11) is 0. The number of hydrogen-bond donors (Lipinski definition) is 1. The molecule has 0 fully saturated rings. The maximum atomic E-state index is 8.99. The van der Waals surface area contributed by atoms with E-state index in [0.717, 1.165) is 5.56 Å². The lowest BCUT2D eigenvalue weighted by Gasteiger charge is -2.22. The second-order valence-corrected chi connectivity index (χ2v) is 4.62. The molecule has 0 saturated heterocycles. The van der Waals surface area contributed by atoms with Gasteiger partial charge in [0, 0.05) is 12.1 Å². The van der Waals surface area contributed by atoms with E-state index >= 15 is 0 Å². The molecule has 0 amide bonds. The lowest BCUT2D eigenvalue weighted by Crippen LogP contribution is -2.24. The molecule has 0 aliphatic heterocycles. The number of nitrogens with zero attached hydrogens (tertiary/aromatic N) is 1. The minimum Gasteiger partial charge on any atom is -0.302 e. The number of benzene rings is 2. The molecule has 2 aromatic rings. The van der Waals surface area contributed by atoms with E-state index < -0.39 is 0 Å². The first-order chi connectivity index (χ1) is 9.31. The number of nitriles is 1. The first-order valence-corrected chi connectivity index (χ1v) is 6.54. The summed E-state index contributed by atoms with van der Waals surface area (Å²) in [6, 6.07) is 23.0. The van der Waals surface area contributed by atoms with Crippen LogP contribution >= 0.6 is 0 Å². The van der Waals surface area contributed by atoms with E-state index in [1.165, 1.54) is 5.56 Å². The summed E-state index contributed by atoms with van der Waals surface area (Å²) in [5.74, 6) is 0. The normalized spacial score (nSPS) is 13.5. The Balaban J connectivity index is 2.12. The van der Waals surface area contributed by atoms with Crippen LogP contribution in [0.3, 0.4) is 0 Å². The smallest absolute Gasteiger partial charge is 0.0641 e. The van der Waals surface area contributed by atoms with Crippen molar-refractivity contribution in [1.82, 2.24) is 5.32 Å². The highest BCUT2D eigenvalue weighted by Crippen LogP contribution is 2.21. The third-order valence-corrected chi connectivity index (χ3v) is 3.25. The molecule has 0 aliphatic rings. The van der Waals surface area contributed by atoms with Crippen LogP contribution in [0.4, 0.5) is 0 Å². The molecule has 96 valence electrons. The SMILES string of the molecule is CC(NC(CC#N)c1ccccc1)c1ccccc1. The van der Waals surface area contributed by atoms with E-state index in [-0.39, 0.29) is 12.1 Å². The van der Waals surface area contributed by atoms with E-state index in [9.17, 15) is 0 Å². The van der Waals surface area contributed by atoms with Crippen molar-refractivity contribution in [2.45, 2.75) is 25.4 Å². The van der Waals surface area contributed by atoms with E-state index in [1.54, 1.807) is 0 Å². The predicted molar refractivity (Wildman–Crippen MR) is 77.4 cm³/mol. The van der Waals surface area contributed by atoms with Gasteiger partial charge in [0.25, 0.3) is 0 Å². The van der Waals surface area contributed by atoms with Gasteiger partial charge in [-0.1, -0.05) is 60.7 Å². The maximum absolute atomic E-state index is 8.99. The van der Waals surface area contributed by atoms with Crippen molar-refractivity contribution in [3.63, 3.8) is 0 Å². The molecule has 1 N–H and O–H groups in total. The van der Waals surface area contributed by atoms with Crippen LogP contribution < -0.4 is 5.32 Å². The summed E-state index contributed by atoms with van der Waals surface area (Å²) in [5.41, 5.74) is 2.40. The van der Waals surface area contributed by atoms with Crippen molar-refractivity contribution < 1.29 is 0 Å². The Morgan fingerprint density at radius 3 is 2.00 bits per heavy atom. The zero-order valence-electron chi connectivity index (χ0n) is 11.1. The Morgan fingerprint density at radius 1 is 0.947 bits per heavy atom. The fraction of sp³-hybridized carbons (Fsp3) is 0.235. The van der Waals surface area contributed by atoms with Crippen LogP contribution in [0.2, 0.25) is 0 Å². The van der Waals surface area contributed by atoms with Crippen LogP contribution in [-0.4, -0.2) is 0 Å². The van der Waals surface area contributed by atoms with Crippen LogP contribution in [0.1, 0.15) is 36.6 Å². The molecule has 2 unspecified atom stereocenters. The van der Waals surface area contributed by atoms with Crippen molar-refractivity contribution in [3.8, 4) is 6.07 Å². The van der Waals surface area contributed by atoms with E-state index in [2.05, 4.69) is 42.6 Å². The van der Waals surface area contributed by atoms with Gasteiger partial charge in [0.15, 0.2) is 0 Å². The molecule has 19 heavy (non-hydrogen) atoms. The largest absolute Gasteiger partial charge is 0.302 e. The Bertz CT molecular complexity index is 528. The molecule has 2 atom stereocenters. The monoisotopic (exact) mass is 250 g/mol. The van der Waals surface area contributed by atoms with Gasteiger partial charge in [-0.3, -0.25) is 0 Å². The van der Waals surface area contributed by atoms with Gasteiger partial charge in [0.05, 0.1) is 12.5 Å². The van der Waals surface area contributed by atoms with Gasteiger partial charge in [-0.05, 0) is 18.1 Å². The van der Waals surface area contributed by atoms with E-state index in [4.69, 9.17) is 5.26 Å². The molecule has 0 aliphatic carbocycles. The summed E-state index contributed by atoms with van der Waals surface area (Å²) in [6.07, 6.45) is 0.473. The highest BCUT2D eigenvalue weighted by Gasteiger charge is 2.14. The summed E-state index contributed by atoms with van der Waals surface area (Å²) in [4.78, 5) is 0. The first kappa shape index (κ1) is 13.3. The molecular weight excluding hydrogens is 232 g/mol. The average molecular weight is 250 g/mol. The lowest BCUT2D eigenvalue weighted by molar-refractivity contribution is 0.472. The molecule has 0 heterocycles. The zero-order valence-corrected chi connectivity index (χ0v) is 11.1. The summed E-state index contributed by atoms with van der Waals surface area (Å²) in [5, 5.41) is 12.5. The van der Waals surface area contributed by atoms with Gasteiger partial charge in [0.1, 0.15) is 0 Å².